The van der Waals surface area contributed by atoms with Crippen LogP contribution in [0.3, 0.4) is 0 Å². The van der Waals surface area contributed by atoms with Gasteiger partial charge in [0, 0.05) is 32.3 Å². The van der Waals surface area contributed by atoms with Crippen LogP contribution in [0.1, 0.15) is 17.7 Å². The van der Waals surface area contributed by atoms with Gasteiger partial charge in [0.25, 0.3) is 0 Å². The van der Waals surface area contributed by atoms with Crippen LogP contribution in [0.25, 0.3) is 11.1 Å². The van der Waals surface area contributed by atoms with Gasteiger partial charge in [-0.25, -0.2) is 0 Å². The lowest BCUT2D eigenvalue weighted by atomic mass is 10.00. The smallest absolute Gasteiger partial charge is 0.367 e. The minimum Gasteiger partial charge on any atom is -0.367 e. The van der Waals surface area contributed by atoms with Gasteiger partial charge < -0.3 is 10.5 Å². The number of rotatable bonds is 5. The van der Waals surface area contributed by atoms with Crippen LogP contribution in [-0.2, 0) is 22.1 Å². The molecule has 2 aromatic rings. The predicted octanol–water partition coefficient (Wildman–Crippen LogP) is 2.78. The third kappa shape index (κ3) is 5.34. The van der Waals surface area contributed by atoms with Gasteiger partial charge in [-0.1, -0.05) is 24.3 Å². The number of pyridine rings is 1. The Morgan fingerprint density at radius 1 is 1.30 bits per heavy atom. The number of carbonyl (C=O) groups excluding carboxylic acids is 1. The molecule has 2 N–H and O–H groups in total. The van der Waals surface area contributed by atoms with Crippen LogP contribution < -0.4 is 5.73 Å². The molecule has 2 atom stereocenters. The summed E-state index contributed by atoms with van der Waals surface area (Å²) in [6.45, 7) is 1.27. The molecule has 30 heavy (non-hydrogen) atoms. The number of nitrogens with two attached hydrogens (primary N) is 1. The molecule has 1 amide bonds. The average molecular weight is 418 g/mol. The van der Waals surface area contributed by atoms with Gasteiger partial charge in [0.1, 0.15) is 17.8 Å². The highest BCUT2D eigenvalue weighted by molar-refractivity contribution is 5.79. The normalized spacial score (nSPS) is 18.9. The Morgan fingerprint density at radius 2 is 2.03 bits per heavy atom. The number of alkyl halides is 3. The molecule has 1 aliphatic rings. The Balaban J connectivity index is 1.73. The second-order valence-corrected chi connectivity index (χ2v) is 7.08. The number of amides is 1. The highest BCUT2D eigenvalue weighted by atomic mass is 19.4. The molecule has 6 nitrogen and oxygen atoms in total. The zero-order valence-electron chi connectivity index (χ0n) is 16.1. The quantitative estimate of drug-likeness (QED) is 0.806. The molecular formula is C21H21F3N4O2. The Labute approximate surface area is 172 Å². The van der Waals surface area contributed by atoms with Gasteiger partial charge in [0.05, 0.1) is 6.07 Å². The van der Waals surface area contributed by atoms with E-state index in [1.165, 1.54) is 6.07 Å². The van der Waals surface area contributed by atoms with Gasteiger partial charge in [0.15, 0.2) is 0 Å². The number of hydrogen-bond donors (Lipinski definition) is 1. The number of benzene rings is 1. The van der Waals surface area contributed by atoms with Crippen molar-refractivity contribution in [1.82, 2.24) is 9.88 Å². The van der Waals surface area contributed by atoms with Crippen LogP contribution in [0.2, 0.25) is 0 Å². The third-order valence-electron chi connectivity index (χ3n) is 4.98. The molecule has 158 valence electrons. The highest BCUT2D eigenvalue weighted by Gasteiger charge is 2.32. The molecule has 1 aromatic carbocycles. The van der Waals surface area contributed by atoms with E-state index in [0.717, 1.165) is 17.8 Å². The number of primary amides is 1. The first-order valence-electron chi connectivity index (χ1n) is 9.45. The lowest BCUT2D eigenvalue weighted by Gasteiger charge is -2.27. The maximum Gasteiger partial charge on any atom is 0.433 e. The summed E-state index contributed by atoms with van der Waals surface area (Å²) in [6, 6.07) is 11.3. The number of carbonyl (C=O) groups is 1. The van der Waals surface area contributed by atoms with Gasteiger partial charge in [-0.05, 0) is 35.2 Å². The number of aromatic nitrogens is 1. The Morgan fingerprint density at radius 3 is 2.67 bits per heavy atom. The molecule has 1 aliphatic heterocycles. The molecular weight excluding hydrogens is 397 g/mol. The van der Waals surface area contributed by atoms with E-state index < -0.39 is 29.9 Å². The average Bonchev–Trinajstić information content (AvgIpc) is 2.98. The van der Waals surface area contributed by atoms with Crippen molar-refractivity contribution >= 4 is 5.91 Å². The number of nitrogens with zero attached hydrogens (tertiary/aromatic N) is 3. The number of nitriles is 1. The van der Waals surface area contributed by atoms with Gasteiger partial charge >= 0.3 is 6.18 Å². The summed E-state index contributed by atoms with van der Waals surface area (Å²) in [5, 5.41) is 9.63. The fourth-order valence-electron chi connectivity index (χ4n) is 3.38. The highest BCUT2D eigenvalue weighted by Crippen LogP contribution is 2.30. The zero-order chi connectivity index (χ0) is 21.7. The van der Waals surface area contributed by atoms with Crippen molar-refractivity contribution in [2.24, 2.45) is 5.73 Å². The molecule has 0 aliphatic carbocycles. The molecule has 2 heterocycles. The fraction of sp³-hybridized carbons (Fsp3) is 0.381. The van der Waals surface area contributed by atoms with Crippen molar-refractivity contribution in [3.8, 4) is 17.2 Å². The molecule has 0 saturated carbocycles. The van der Waals surface area contributed by atoms with E-state index in [0.29, 0.717) is 37.1 Å². The maximum atomic E-state index is 12.9. The van der Waals surface area contributed by atoms with Gasteiger partial charge in [-0.3, -0.25) is 14.7 Å². The third-order valence-corrected chi connectivity index (χ3v) is 4.98. The fourth-order valence-corrected chi connectivity index (χ4v) is 3.38. The summed E-state index contributed by atoms with van der Waals surface area (Å²) in [4.78, 5) is 16.7. The summed E-state index contributed by atoms with van der Waals surface area (Å²) >= 11 is 0. The number of hydrogen-bond acceptors (Lipinski definition) is 5. The molecule has 0 spiro atoms. The largest absolute Gasteiger partial charge is 0.433 e. The van der Waals surface area contributed by atoms with Crippen molar-refractivity contribution in [3.63, 3.8) is 0 Å². The monoisotopic (exact) mass is 418 g/mol. The second-order valence-electron chi connectivity index (χ2n) is 7.08. The maximum absolute atomic E-state index is 12.9. The molecule has 1 fully saturated rings. The van der Waals surface area contributed by atoms with Crippen LogP contribution in [0.5, 0.6) is 0 Å². The topological polar surface area (TPSA) is 92.2 Å². The van der Waals surface area contributed by atoms with Crippen LogP contribution in [0.4, 0.5) is 13.2 Å². The van der Waals surface area contributed by atoms with E-state index >= 15 is 0 Å². The predicted molar refractivity (Wildman–Crippen MR) is 103 cm³/mol. The van der Waals surface area contributed by atoms with E-state index in [1.54, 1.807) is 24.3 Å². The lowest BCUT2D eigenvalue weighted by Crippen LogP contribution is -2.44. The minimum atomic E-state index is -4.50. The molecule has 0 bridgehead atoms. The Hall–Kier alpha value is -2.96. The van der Waals surface area contributed by atoms with E-state index in [-0.39, 0.29) is 6.54 Å². The molecule has 3 rings (SSSR count). The van der Waals surface area contributed by atoms with Gasteiger partial charge in [-0.15, -0.1) is 0 Å². The summed E-state index contributed by atoms with van der Waals surface area (Å²) < 4.78 is 44.1. The molecule has 1 aromatic heterocycles. The minimum absolute atomic E-state index is 0.253. The van der Waals surface area contributed by atoms with Crippen LogP contribution in [0.15, 0.2) is 42.6 Å². The van der Waals surface area contributed by atoms with E-state index in [2.05, 4.69) is 11.1 Å². The van der Waals surface area contributed by atoms with E-state index in [4.69, 9.17) is 10.5 Å². The van der Waals surface area contributed by atoms with E-state index in [1.807, 2.05) is 4.90 Å². The first kappa shape index (κ1) is 21.7. The molecule has 0 radical (unpaired) electrons. The molecule has 9 heteroatoms. The van der Waals surface area contributed by atoms with E-state index in [9.17, 15) is 23.2 Å². The van der Waals surface area contributed by atoms with Gasteiger partial charge in [-0.2, -0.15) is 18.4 Å². The number of ether oxygens (including phenoxy) is 1. The van der Waals surface area contributed by atoms with Crippen molar-refractivity contribution in [2.75, 3.05) is 19.7 Å². The molecule has 1 saturated heterocycles. The summed E-state index contributed by atoms with van der Waals surface area (Å²) in [6.07, 6.45) is -3.03. The SMILES string of the molecule is N#C[C@H](Cc1ccc(-c2ccnc(C(F)(F)F)c2)cc1)N1CCCO[C@H](C(N)=O)C1. The van der Waals surface area contributed by atoms with Crippen molar-refractivity contribution < 1.29 is 22.7 Å². The van der Waals surface area contributed by atoms with Gasteiger partial charge in [0.2, 0.25) is 5.91 Å². The molecule has 0 unspecified atom stereocenters. The Bertz CT molecular complexity index is 925. The summed E-state index contributed by atoms with van der Waals surface area (Å²) in [5.74, 6) is -0.557. The number of halogens is 3. The zero-order valence-corrected chi connectivity index (χ0v) is 16.1. The Kier molecular flexibility index (Phi) is 6.70. The summed E-state index contributed by atoms with van der Waals surface area (Å²) in [5.41, 5.74) is 6.30. The van der Waals surface area contributed by atoms with Crippen LogP contribution in [0, 0.1) is 11.3 Å². The second kappa shape index (κ2) is 9.24. The van der Waals surface area contributed by atoms with Crippen molar-refractivity contribution in [2.45, 2.75) is 31.2 Å². The van der Waals surface area contributed by atoms with Crippen molar-refractivity contribution in [1.29, 1.82) is 5.26 Å². The lowest BCUT2D eigenvalue weighted by molar-refractivity contribution is -0.141. The van der Waals surface area contributed by atoms with Crippen LogP contribution >= 0.6 is 0 Å². The standard InChI is InChI=1S/C21H21F3N4O2/c22-21(23,24)19-11-16(6-7-27-19)15-4-2-14(3-5-15)10-17(12-25)28-8-1-9-30-18(13-28)20(26)29/h2-7,11,17-18H,1,8-10,13H2,(H2,26,29)/t17-,18-/m0/s1. The van der Waals surface area contributed by atoms with Crippen LogP contribution in [-0.4, -0.2) is 47.6 Å². The van der Waals surface area contributed by atoms with Crippen molar-refractivity contribution in [3.05, 3.63) is 53.9 Å². The first-order chi connectivity index (χ1) is 14.3. The first-order valence-corrected chi connectivity index (χ1v) is 9.45. The summed E-state index contributed by atoms with van der Waals surface area (Å²) in [7, 11) is 0.